The predicted molar refractivity (Wildman–Crippen MR) is 110 cm³/mol. The van der Waals surface area contributed by atoms with Gasteiger partial charge >= 0.3 is 5.97 Å². The van der Waals surface area contributed by atoms with Crippen LogP contribution in [0, 0.1) is 0 Å². The molecule has 0 radical (unpaired) electrons. The molecule has 0 bridgehead atoms. The van der Waals surface area contributed by atoms with Crippen molar-refractivity contribution in [1.82, 2.24) is 4.72 Å². The molecule has 0 spiro atoms. The number of nitrogens with one attached hydrogen (secondary N) is 2. The average Bonchev–Trinajstić information content (AvgIpc) is 2.67. The van der Waals surface area contributed by atoms with Crippen LogP contribution in [0.5, 0.6) is 0 Å². The molecule has 1 aliphatic rings. The summed E-state index contributed by atoms with van der Waals surface area (Å²) >= 11 is 0. The lowest BCUT2D eigenvalue weighted by molar-refractivity contribution is -0.134. The van der Waals surface area contributed by atoms with Crippen LogP contribution in [0.2, 0.25) is 0 Å². The normalized spacial score (nSPS) is 18.4. The summed E-state index contributed by atoms with van der Waals surface area (Å²) in [6.45, 7) is 5.21. The second-order valence-electron chi connectivity index (χ2n) is 7.00. The molecule has 1 unspecified atom stereocenters. The summed E-state index contributed by atoms with van der Waals surface area (Å²) in [6, 6.07) is 13.5. The SMILES string of the molecule is C=CCNS(=O)(=O)Cc1ccc(NC(=O)C2(C)Cc3ccccc3C(=O)O2)cc1. The fourth-order valence-electron chi connectivity index (χ4n) is 3.06. The molecule has 0 aliphatic carbocycles. The van der Waals surface area contributed by atoms with Crippen molar-refractivity contribution in [3.63, 3.8) is 0 Å². The van der Waals surface area contributed by atoms with Crippen molar-refractivity contribution >= 4 is 27.6 Å². The van der Waals surface area contributed by atoms with Gasteiger partial charge in [0.05, 0.1) is 11.3 Å². The number of carbonyl (C=O) groups excluding carboxylic acids is 2. The minimum absolute atomic E-state index is 0.164. The van der Waals surface area contributed by atoms with Gasteiger partial charge in [0.15, 0.2) is 5.60 Å². The summed E-state index contributed by atoms with van der Waals surface area (Å²) < 4.78 is 31.7. The summed E-state index contributed by atoms with van der Waals surface area (Å²) in [5, 5.41) is 2.73. The Labute approximate surface area is 169 Å². The van der Waals surface area contributed by atoms with Crippen molar-refractivity contribution in [2.24, 2.45) is 0 Å². The summed E-state index contributed by atoms with van der Waals surface area (Å²) in [6.07, 6.45) is 1.74. The number of rotatable bonds is 7. The summed E-state index contributed by atoms with van der Waals surface area (Å²) in [4.78, 5) is 25.0. The topological polar surface area (TPSA) is 102 Å². The van der Waals surface area contributed by atoms with Crippen LogP contribution >= 0.6 is 0 Å². The van der Waals surface area contributed by atoms with E-state index in [1.54, 1.807) is 49.4 Å². The van der Waals surface area contributed by atoms with Crippen LogP contribution in [0.25, 0.3) is 0 Å². The van der Waals surface area contributed by atoms with Crippen molar-refractivity contribution in [3.8, 4) is 0 Å². The molecule has 2 N–H and O–H groups in total. The fourth-order valence-corrected chi connectivity index (χ4v) is 4.17. The van der Waals surface area contributed by atoms with E-state index in [2.05, 4.69) is 16.6 Å². The van der Waals surface area contributed by atoms with Gasteiger partial charge in [-0.2, -0.15) is 0 Å². The number of anilines is 1. The third kappa shape index (κ3) is 4.90. The first kappa shape index (κ1) is 20.8. The van der Waals surface area contributed by atoms with Gasteiger partial charge in [-0.15, -0.1) is 6.58 Å². The van der Waals surface area contributed by atoms with Crippen LogP contribution in [0.4, 0.5) is 5.69 Å². The zero-order valence-electron chi connectivity index (χ0n) is 16.0. The van der Waals surface area contributed by atoms with Crippen molar-refractivity contribution < 1.29 is 22.7 Å². The third-order valence-corrected chi connectivity index (χ3v) is 5.90. The van der Waals surface area contributed by atoms with Gasteiger partial charge in [-0.25, -0.2) is 17.9 Å². The Morgan fingerprint density at radius 1 is 1.21 bits per heavy atom. The lowest BCUT2D eigenvalue weighted by Gasteiger charge is -2.33. The van der Waals surface area contributed by atoms with E-state index < -0.39 is 27.5 Å². The largest absolute Gasteiger partial charge is 0.445 e. The maximum atomic E-state index is 12.8. The Morgan fingerprint density at radius 3 is 2.59 bits per heavy atom. The van der Waals surface area contributed by atoms with E-state index in [4.69, 9.17) is 4.74 Å². The number of hydrogen-bond acceptors (Lipinski definition) is 5. The van der Waals surface area contributed by atoms with Gasteiger partial charge in [-0.05, 0) is 36.2 Å². The van der Waals surface area contributed by atoms with Crippen molar-refractivity contribution in [2.45, 2.75) is 24.7 Å². The van der Waals surface area contributed by atoms with Crippen LogP contribution < -0.4 is 10.0 Å². The quantitative estimate of drug-likeness (QED) is 0.535. The number of ether oxygens (including phenoxy) is 1. The molecule has 0 aromatic heterocycles. The number of carbonyl (C=O) groups is 2. The molecule has 0 saturated heterocycles. The first-order valence-electron chi connectivity index (χ1n) is 9.02. The van der Waals surface area contributed by atoms with Crippen LogP contribution in [-0.4, -0.2) is 32.4 Å². The second-order valence-corrected chi connectivity index (χ2v) is 8.81. The van der Waals surface area contributed by atoms with Crippen molar-refractivity contribution in [1.29, 1.82) is 0 Å². The molecule has 1 heterocycles. The fraction of sp³-hybridized carbons (Fsp3) is 0.238. The molecule has 2 aromatic carbocycles. The Bertz CT molecular complexity index is 1050. The van der Waals surface area contributed by atoms with E-state index in [0.717, 1.165) is 5.56 Å². The molecule has 0 fully saturated rings. The molecule has 3 rings (SSSR count). The summed E-state index contributed by atoms with van der Waals surface area (Å²) in [7, 11) is -3.46. The highest BCUT2D eigenvalue weighted by Crippen LogP contribution is 2.29. The van der Waals surface area contributed by atoms with Crippen molar-refractivity contribution in [3.05, 3.63) is 77.9 Å². The van der Waals surface area contributed by atoms with E-state index in [9.17, 15) is 18.0 Å². The lowest BCUT2D eigenvalue weighted by atomic mass is 9.89. The Balaban J connectivity index is 1.68. The number of cyclic esters (lactones) is 1. The van der Waals surface area contributed by atoms with E-state index in [-0.39, 0.29) is 18.7 Å². The molecule has 7 nitrogen and oxygen atoms in total. The number of benzene rings is 2. The number of esters is 1. The molecule has 2 aromatic rings. The molecule has 29 heavy (non-hydrogen) atoms. The number of amides is 1. The maximum Gasteiger partial charge on any atom is 0.339 e. The van der Waals surface area contributed by atoms with E-state index in [1.807, 2.05) is 6.07 Å². The first-order chi connectivity index (χ1) is 13.7. The van der Waals surface area contributed by atoms with Gasteiger partial charge in [0.25, 0.3) is 5.91 Å². The molecule has 0 saturated carbocycles. The second kappa shape index (κ2) is 8.18. The van der Waals surface area contributed by atoms with Crippen LogP contribution in [0.3, 0.4) is 0 Å². The third-order valence-electron chi connectivity index (χ3n) is 4.58. The molecule has 8 heteroatoms. The number of fused-ring (bicyclic) bond motifs is 1. The lowest BCUT2D eigenvalue weighted by Crippen LogP contribution is -2.48. The van der Waals surface area contributed by atoms with Gasteiger partial charge in [0.2, 0.25) is 10.0 Å². The van der Waals surface area contributed by atoms with Crippen molar-refractivity contribution in [2.75, 3.05) is 11.9 Å². The van der Waals surface area contributed by atoms with E-state index in [0.29, 0.717) is 16.8 Å². The van der Waals surface area contributed by atoms with Gasteiger partial charge in [-0.1, -0.05) is 36.4 Å². The summed E-state index contributed by atoms with van der Waals surface area (Å²) in [5.41, 5.74) is 0.944. The minimum atomic E-state index is -3.46. The van der Waals surface area contributed by atoms with Gasteiger partial charge < -0.3 is 10.1 Å². The van der Waals surface area contributed by atoms with E-state index >= 15 is 0 Å². The number of hydrogen-bond donors (Lipinski definition) is 2. The van der Waals surface area contributed by atoms with Gasteiger partial charge in [-0.3, -0.25) is 4.79 Å². The standard InChI is InChI=1S/C21H22N2O5S/c1-3-12-22-29(26,27)14-15-8-10-17(11-9-15)23-20(25)21(2)13-16-6-4-5-7-18(16)19(24)28-21/h3-11,22H,1,12-14H2,2H3,(H,23,25). The molecular formula is C21H22N2O5S. The van der Waals surface area contributed by atoms with Gasteiger partial charge in [0, 0.05) is 18.7 Å². The smallest absolute Gasteiger partial charge is 0.339 e. The van der Waals surface area contributed by atoms with E-state index in [1.165, 1.54) is 6.08 Å². The highest BCUT2D eigenvalue weighted by molar-refractivity contribution is 7.88. The first-order valence-corrected chi connectivity index (χ1v) is 10.7. The molecule has 1 aliphatic heterocycles. The Kier molecular flexibility index (Phi) is 5.86. The number of sulfonamides is 1. The van der Waals surface area contributed by atoms with Crippen LogP contribution in [-0.2, 0) is 31.7 Å². The Morgan fingerprint density at radius 2 is 1.90 bits per heavy atom. The summed E-state index contributed by atoms with van der Waals surface area (Å²) in [5.74, 6) is -1.16. The van der Waals surface area contributed by atoms with Gasteiger partial charge in [0.1, 0.15) is 0 Å². The zero-order valence-corrected chi connectivity index (χ0v) is 16.8. The molecule has 152 valence electrons. The molecular weight excluding hydrogens is 392 g/mol. The highest BCUT2D eigenvalue weighted by Gasteiger charge is 2.42. The maximum absolute atomic E-state index is 12.8. The molecule has 1 atom stereocenters. The zero-order chi connectivity index (χ0) is 21.1. The Hall–Kier alpha value is -2.97. The average molecular weight is 414 g/mol. The van der Waals surface area contributed by atoms with Crippen LogP contribution in [0.15, 0.2) is 61.2 Å². The monoisotopic (exact) mass is 414 g/mol. The van der Waals surface area contributed by atoms with Crippen LogP contribution in [0.1, 0.15) is 28.4 Å². The predicted octanol–water partition coefficient (Wildman–Crippen LogP) is 2.40. The molecule has 1 amide bonds. The minimum Gasteiger partial charge on any atom is -0.445 e. The highest BCUT2D eigenvalue weighted by atomic mass is 32.2.